The summed E-state index contributed by atoms with van der Waals surface area (Å²) in [5.74, 6) is -0.359. The average molecular weight is 199 g/mol. The molecule has 13 heavy (non-hydrogen) atoms. The quantitative estimate of drug-likeness (QED) is 0.521. The first-order chi connectivity index (χ1) is 5.95. The van der Waals surface area contributed by atoms with E-state index in [1.165, 1.54) is 7.11 Å². The van der Waals surface area contributed by atoms with Gasteiger partial charge in [0, 0.05) is 0 Å². The second-order valence-corrected chi connectivity index (χ2v) is 8.47. The number of rotatable bonds is 2. The Morgan fingerprint density at radius 2 is 2.15 bits per heavy atom. The average Bonchev–Trinajstić information content (AvgIpc) is 2.50. The van der Waals surface area contributed by atoms with Crippen LogP contribution in [-0.2, 0) is 4.74 Å². The number of nitrogens with zero attached hydrogens (tertiary/aromatic N) is 3. The van der Waals surface area contributed by atoms with Crippen LogP contribution in [0.25, 0.3) is 0 Å². The molecule has 0 saturated carbocycles. The van der Waals surface area contributed by atoms with Crippen LogP contribution >= 0.6 is 0 Å². The Hall–Kier alpha value is -1.17. The minimum atomic E-state index is -1.54. The molecule has 5 nitrogen and oxygen atoms in total. The van der Waals surface area contributed by atoms with Crippen molar-refractivity contribution >= 4 is 14.2 Å². The van der Waals surface area contributed by atoms with Gasteiger partial charge in [-0.05, 0) is 19.6 Å². The summed E-state index contributed by atoms with van der Waals surface area (Å²) in [5, 5.41) is 4.05. The van der Waals surface area contributed by atoms with Gasteiger partial charge in [-0.15, -0.1) is 0 Å². The van der Waals surface area contributed by atoms with Crippen molar-refractivity contribution < 1.29 is 9.53 Å². The molecule has 0 atom stereocenters. The van der Waals surface area contributed by atoms with Crippen LogP contribution in [0.3, 0.4) is 0 Å². The first-order valence-electron chi connectivity index (χ1n) is 3.95. The molecule has 1 aromatic heterocycles. The van der Waals surface area contributed by atoms with E-state index in [-0.39, 0.29) is 5.82 Å². The Morgan fingerprint density at radius 1 is 1.54 bits per heavy atom. The van der Waals surface area contributed by atoms with E-state index in [2.05, 4.69) is 34.5 Å². The lowest BCUT2D eigenvalue weighted by atomic mass is 10.6. The minimum absolute atomic E-state index is 0.130. The molecule has 1 heterocycles. The van der Waals surface area contributed by atoms with Crippen LogP contribution in [0.15, 0.2) is 6.33 Å². The number of esters is 1. The molecule has 0 spiro atoms. The lowest BCUT2D eigenvalue weighted by Gasteiger charge is -2.14. The summed E-state index contributed by atoms with van der Waals surface area (Å²) < 4.78 is 6.26. The van der Waals surface area contributed by atoms with Crippen LogP contribution in [0, 0.1) is 0 Å². The third kappa shape index (κ3) is 2.15. The van der Waals surface area contributed by atoms with Gasteiger partial charge in [-0.1, -0.05) is 0 Å². The van der Waals surface area contributed by atoms with Crippen molar-refractivity contribution in [3.8, 4) is 0 Å². The molecule has 1 aromatic rings. The van der Waals surface area contributed by atoms with Crippen molar-refractivity contribution in [1.29, 1.82) is 0 Å². The van der Waals surface area contributed by atoms with E-state index in [1.807, 2.05) is 0 Å². The first-order valence-corrected chi connectivity index (χ1v) is 7.40. The molecule has 0 amide bonds. The summed E-state index contributed by atoms with van der Waals surface area (Å²) in [5.41, 5.74) is 0. The fraction of sp³-hybridized carbons (Fsp3) is 0.571. The van der Waals surface area contributed by atoms with Gasteiger partial charge in [0.05, 0.1) is 7.11 Å². The van der Waals surface area contributed by atoms with E-state index < -0.39 is 14.2 Å². The summed E-state index contributed by atoms with van der Waals surface area (Å²) >= 11 is 0. The molecular weight excluding hydrogens is 186 g/mol. The van der Waals surface area contributed by atoms with Crippen molar-refractivity contribution in [3.63, 3.8) is 0 Å². The maximum Gasteiger partial charge on any atom is 0.377 e. The summed E-state index contributed by atoms with van der Waals surface area (Å²) in [6.45, 7) is 6.34. The molecule has 0 aliphatic carbocycles. The molecule has 0 aliphatic heterocycles. The molecule has 6 heteroatoms. The van der Waals surface area contributed by atoms with Crippen molar-refractivity contribution in [2.75, 3.05) is 7.11 Å². The third-order valence-electron chi connectivity index (χ3n) is 1.55. The Bertz CT molecular complexity index is 316. The minimum Gasteiger partial charge on any atom is -0.463 e. The fourth-order valence-corrected chi connectivity index (χ4v) is 1.57. The molecule has 0 N–H and O–H groups in total. The van der Waals surface area contributed by atoms with Crippen molar-refractivity contribution in [2.45, 2.75) is 19.6 Å². The van der Waals surface area contributed by atoms with Gasteiger partial charge in [-0.2, -0.15) is 5.10 Å². The molecule has 0 aliphatic rings. The SMILES string of the molecule is COC(=O)c1ncn([Si](C)(C)C)n1. The summed E-state index contributed by atoms with van der Waals surface area (Å²) in [7, 11) is -0.219. The summed E-state index contributed by atoms with van der Waals surface area (Å²) in [4.78, 5) is 14.9. The van der Waals surface area contributed by atoms with Crippen molar-refractivity contribution in [3.05, 3.63) is 12.2 Å². The number of aromatic nitrogens is 3. The monoisotopic (exact) mass is 199 g/mol. The lowest BCUT2D eigenvalue weighted by Crippen LogP contribution is -2.32. The standard InChI is InChI=1S/C7H13N3O2Si/c1-12-7(11)6-8-5-10(9-6)13(2,3)4/h5H,1-4H3. The van der Waals surface area contributed by atoms with Gasteiger partial charge in [-0.25, -0.2) is 9.78 Å². The number of hydrogen-bond donors (Lipinski definition) is 0. The molecule has 1 rings (SSSR count). The second kappa shape index (κ2) is 3.29. The van der Waals surface area contributed by atoms with Crippen LogP contribution in [0.2, 0.25) is 19.6 Å². The van der Waals surface area contributed by atoms with E-state index in [0.717, 1.165) is 0 Å². The number of ether oxygens (including phenoxy) is 1. The zero-order chi connectivity index (χ0) is 10.1. The van der Waals surface area contributed by atoms with Gasteiger partial charge >= 0.3 is 5.97 Å². The number of methoxy groups -OCH3 is 1. The molecule has 0 saturated heterocycles. The maximum absolute atomic E-state index is 11.0. The highest BCUT2D eigenvalue weighted by Crippen LogP contribution is 2.03. The van der Waals surface area contributed by atoms with Gasteiger partial charge in [0.2, 0.25) is 0 Å². The smallest absolute Gasteiger partial charge is 0.377 e. The highest BCUT2D eigenvalue weighted by atomic mass is 28.3. The number of carbonyl (C=O) groups excluding carboxylic acids is 1. The molecule has 72 valence electrons. The summed E-state index contributed by atoms with van der Waals surface area (Å²) in [6, 6.07) is 0. The van der Waals surface area contributed by atoms with E-state index in [9.17, 15) is 4.79 Å². The molecular formula is C7H13N3O2Si. The number of carbonyl (C=O) groups is 1. The topological polar surface area (TPSA) is 57.0 Å². The predicted octanol–water partition coefficient (Wildman–Crippen LogP) is 0.748. The van der Waals surface area contributed by atoms with Gasteiger partial charge in [0.25, 0.3) is 5.82 Å². The second-order valence-electron chi connectivity index (χ2n) is 3.68. The Labute approximate surface area is 77.8 Å². The first kappa shape index (κ1) is 9.91. The molecule has 0 unspecified atom stereocenters. The number of hydrogen-bond acceptors (Lipinski definition) is 4. The Kier molecular flexibility index (Phi) is 2.51. The fourth-order valence-electron chi connectivity index (χ4n) is 0.771. The predicted molar refractivity (Wildman–Crippen MR) is 50.1 cm³/mol. The van der Waals surface area contributed by atoms with Crippen molar-refractivity contribution in [1.82, 2.24) is 14.4 Å². The van der Waals surface area contributed by atoms with E-state index in [0.29, 0.717) is 0 Å². The molecule has 0 radical (unpaired) electrons. The zero-order valence-electron chi connectivity index (χ0n) is 8.24. The van der Waals surface area contributed by atoms with Crippen LogP contribution < -0.4 is 0 Å². The highest BCUT2D eigenvalue weighted by molar-refractivity contribution is 6.74. The Morgan fingerprint density at radius 3 is 2.54 bits per heavy atom. The van der Waals surface area contributed by atoms with Crippen LogP contribution in [0.4, 0.5) is 0 Å². The van der Waals surface area contributed by atoms with E-state index in [1.54, 1.807) is 10.7 Å². The van der Waals surface area contributed by atoms with Gasteiger partial charge in [0.15, 0.2) is 8.24 Å². The molecule has 0 aromatic carbocycles. The lowest BCUT2D eigenvalue weighted by molar-refractivity contribution is 0.0587. The van der Waals surface area contributed by atoms with E-state index in [4.69, 9.17) is 0 Å². The highest BCUT2D eigenvalue weighted by Gasteiger charge is 2.20. The van der Waals surface area contributed by atoms with Gasteiger partial charge < -0.3 is 4.74 Å². The maximum atomic E-state index is 11.0. The van der Waals surface area contributed by atoms with Crippen LogP contribution in [0.1, 0.15) is 10.6 Å². The molecule has 0 bridgehead atoms. The van der Waals surface area contributed by atoms with E-state index >= 15 is 0 Å². The Balaban J connectivity index is 2.93. The third-order valence-corrected chi connectivity index (χ3v) is 3.14. The van der Waals surface area contributed by atoms with Crippen molar-refractivity contribution in [2.24, 2.45) is 0 Å². The normalized spacial score (nSPS) is 11.4. The zero-order valence-corrected chi connectivity index (χ0v) is 9.24. The summed E-state index contributed by atoms with van der Waals surface area (Å²) in [6.07, 6.45) is 1.58. The largest absolute Gasteiger partial charge is 0.463 e. The van der Waals surface area contributed by atoms with Crippen LogP contribution in [0.5, 0.6) is 0 Å². The van der Waals surface area contributed by atoms with Crippen LogP contribution in [-0.4, -0.2) is 35.7 Å². The molecule has 0 fully saturated rings. The van der Waals surface area contributed by atoms with Gasteiger partial charge in [0.1, 0.15) is 6.33 Å². The van der Waals surface area contributed by atoms with Gasteiger partial charge in [-0.3, -0.25) is 4.35 Å².